The molecule has 4 aliphatic rings. The van der Waals surface area contributed by atoms with Gasteiger partial charge in [0.25, 0.3) is 0 Å². The fourth-order valence-electron chi connectivity index (χ4n) is 5.47. The molecule has 7 heteroatoms. The predicted octanol–water partition coefficient (Wildman–Crippen LogP) is 1.97. The third-order valence-electron chi connectivity index (χ3n) is 6.30. The smallest absolute Gasteiger partial charge is 0.303 e. The van der Waals surface area contributed by atoms with Gasteiger partial charge in [-0.05, 0) is 48.6 Å². The Morgan fingerprint density at radius 2 is 1.85 bits per heavy atom. The third kappa shape index (κ3) is 2.67. The molecule has 3 unspecified atom stereocenters. The minimum Gasteiger partial charge on any atom is -0.459 e. The van der Waals surface area contributed by atoms with Crippen LogP contribution < -0.4 is 9.47 Å². The largest absolute Gasteiger partial charge is 0.459 e. The summed E-state index contributed by atoms with van der Waals surface area (Å²) in [5, 5.41) is 0. The number of nitrogens with zero attached hydrogens (tertiary/aromatic N) is 1. The maximum Gasteiger partial charge on any atom is 0.303 e. The van der Waals surface area contributed by atoms with Gasteiger partial charge < -0.3 is 18.9 Å². The highest BCUT2D eigenvalue weighted by molar-refractivity contribution is 5.68. The number of hydrogen-bond donors (Lipinski definition) is 0. The van der Waals surface area contributed by atoms with Gasteiger partial charge in [0.15, 0.2) is 11.5 Å². The fourth-order valence-corrected chi connectivity index (χ4v) is 5.47. The van der Waals surface area contributed by atoms with Crippen molar-refractivity contribution in [2.24, 2.45) is 5.92 Å². The lowest BCUT2D eigenvalue weighted by Crippen LogP contribution is -2.55. The standard InChI is InChI=1S/C20H23NO6/c1-10(22)26-17-5-12-3-4-21-8-13-6-15-16(25-9-24-15)7-14(13)18(19(12)21)20(17)27-11(2)23/h6-7,12,17-20H,3-5,8-9H2,1-2H3/t12?,17-,18-,19?,20?/m0/s1. The first-order chi connectivity index (χ1) is 13.0. The molecule has 0 spiro atoms. The molecule has 0 bridgehead atoms. The monoisotopic (exact) mass is 373 g/mol. The SMILES string of the molecule is CC(=O)OC1[C@H]2c3cc4c(cc3CN3CCC(C[C@@H]1OC(C)=O)C23)OCO4. The number of ether oxygens (including phenoxy) is 4. The molecule has 144 valence electrons. The zero-order valence-electron chi connectivity index (χ0n) is 15.5. The van der Waals surface area contributed by atoms with Crippen LogP contribution in [0.4, 0.5) is 0 Å². The summed E-state index contributed by atoms with van der Waals surface area (Å²) < 4.78 is 22.5. The van der Waals surface area contributed by atoms with Crippen molar-refractivity contribution in [2.45, 2.75) is 57.4 Å². The fraction of sp³-hybridized carbons (Fsp3) is 0.600. The first-order valence-electron chi connectivity index (χ1n) is 9.52. The third-order valence-corrected chi connectivity index (χ3v) is 6.30. The Hall–Kier alpha value is -2.28. The molecule has 1 aromatic rings. The van der Waals surface area contributed by atoms with E-state index in [2.05, 4.69) is 4.90 Å². The van der Waals surface area contributed by atoms with Crippen LogP contribution in [0.25, 0.3) is 0 Å². The summed E-state index contributed by atoms with van der Waals surface area (Å²) in [5.74, 6) is 1.18. The average molecular weight is 373 g/mol. The van der Waals surface area contributed by atoms with Crippen molar-refractivity contribution in [3.63, 3.8) is 0 Å². The Morgan fingerprint density at radius 3 is 2.59 bits per heavy atom. The molecule has 1 aliphatic carbocycles. The molecule has 0 radical (unpaired) electrons. The normalized spacial score (nSPS) is 33.2. The first kappa shape index (κ1) is 16.9. The van der Waals surface area contributed by atoms with Gasteiger partial charge in [0.1, 0.15) is 12.2 Å². The van der Waals surface area contributed by atoms with Crippen LogP contribution in [-0.2, 0) is 25.6 Å². The number of carbonyl (C=O) groups is 2. The van der Waals surface area contributed by atoms with Crippen LogP contribution in [0.2, 0.25) is 0 Å². The molecule has 27 heavy (non-hydrogen) atoms. The van der Waals surface area contributed by atoms with Crippen molar-refractivity contribution in [3.8, 4) is 11.5 Å². The summed E-state index contributed by atoms with van der Waals surface area (Å²) in [6.45, 7) is 4.90. The molecule has 1 aromatic carbocycles. The zero-order chi connectivity index (χ0) is 18.7. The Bertz CT molecular complexity index is 808. The van der Waals surface area contributed by atoms with Crippen LogP contribution in [-0.4, -0.2) is 48.4 Å². The minimum atomic E-state index is -0.493. The highest BCUT2D eigenvalue weighted by atomic mass is 16.7. The number of benzene rings is 1. The van der Waals surface area contributed by atoms with Crippen LogP contribution >= 0.6 is 0 Å². The van der Waals surface area contributed by atoms with Crippen LogP contribution in [0.1, 0.15) is 43.7 Å². The maximum atomic E-state index is 11.9. The van der Waals surface area contributed by atoms with Crippen molar-refractivity contribution in [2.75, 3.05) is 13.3 Å². The summed E-state index contributed by atoms with van der Waals surface area (Å²) in [6.07, 6.45) is 0.878. The Labute approximate surface area is 157 Å². The summed E-state index contributed by atoms with van der Waals surface area (Å²) in [4.78, 5) is 26.0. The van der Waals surface area contributed by atoms with Gasteiger partial charge in [-0.1, -0.05) is 0 Å². The van der Waals surface area contributed by atoms with Gasteiger partial charge in [-0.3, -0.25) is 14.5 Å². The second-order valence-electron chi connectivity index (χ2n) is 7.90. The molecule has 2 fully saturated rings. The quantitative estimate of drug-likeness (QED) is 0.734. The minimum absolute atomic E-state index is 0.0438. The van der Waals surface area contributed by atoms with Gasteiger partial charge in [-0.15, -0.1) is 0 Å². The molecule has 0 N–H and O–H groups in total. The van der Waals surface area contributed by atoms with Gasteiger partial charge in [0, 0.05) is 32.4 Å². The van der Waals surface area contributed by atoms with Crippen LogP contribution in [0.3, 0.4) is 0 Å². The van der Waals surface area contributed by atoms with E-state index in [0.29, 0.717) is 5.92 Å². The molecular weight excluding hydrogens is 350 g/mol. The number of carbonyl (C=O) groups excluding carboxylic acids is 2. The summed E-state index contributed by atoms with van der Waals surface area (Å²) in [6, 6.07) is 4.36. The second kappa shape index (κ2) is 6.12. The molecule has 0 amide bonds. The highest BCUT2D eigenvalue weighted by Crippen LogP contribution is 2.52. The highest BCUT2D eigenvalue weighted by Gasteiger charge is 2.55. The number of esters is 2. The Balaban J connectivity index is 1.61. The van der Waals surface area contributed by atoms with E-state index in [9.17, 15) is 9.59 Å². The molecule has 5 rings (SSSR count). The van der Waals surface area contributed by atoms with E-state index in [4.69, 9.17) is 18.9 Å². The molecule has 3 aliphatic heterocycles. The van der Waals surface area contributed by atoms with E-state index in [1.165, 1.54) is 19.4 Å². The van der Waals surface area contributed by atoms with Crippen molar-refractivity contribution < 1.29 is 28.5 Å². The van der Waals surface area contributed by atoms with Gasteiger partial charge in [0.2, 0.25) is 6.79 Å². The van der Waals surface area contributed by atoms with E-state index in [-0.39, 0.29) is 30.7 Å². The lowest BCUT2D eigenvalue weighted by atomic mass is 9.68. The lowest BCUT2D eigenvalue weighted by molar-refractivity contribution is -0.176. The van der Waals surface area contributed by atoms with Gasteiger partial charge >= 0.3 is 11.9 Å². The molecule has 7 nitrogen and oxygen atoms in total. The van der Waals surface area contributed by atoms with E-state index in [0.717, 1.165) is 43.0 Å². The van der Waals surface area contributed by atoms with Crippen molar-refractivity contribution in [1.82, 2.24) is 4.90 Å². The zero-order valence-corrected chi connectivity index (χ0v) is 15.5. The molecule has 3 heterocycles. The van der Waals surface area contributed by atoms with Crippen LogP contribution in [0.5, 0.6) is 11.5 Å². The number of fused-ring (bicyclic) bond motifs is 3. The second-order valence-corrected chi connectivity index (χ2v) is 7.90. The van der Waals surface area contributed by atoms with E-state index >= 15 is 0 Å². The van der Waals surface area contributed by atoms with E-state index in [1.807, 2.05) is 12.1 Å². The summed E-state index contributed by atoms with van der Waals surface area (Å²) in [5.41, 5.74) is 2.29. The van der Waals surface area contributed by atoms with Crippen LogP contribution in [0.15, 0.2) is 12.1 Å². The first-order valence-corrected chi connectivity index (χ1v) is 9.52. The lowest BCUT2D eigenvalue weighted by Gasteiger charge is -2.49. The van der Waals surface area contributed by atoms with Crippen molar-refractivity contribution >= 4 is 11.9 Å². The molecule has 1 saturated heterocycles. The molecule has 0 aromatic heterocycles. The van der Waals surface area contributed by atoms with E-state index < -0.39 is 12.2 Å². The van der Waals surface area contributed by atoms with Gasteiger partial charge in [-0.2, -0.15) is 0 Å². The summed E-state index contributed by atoms with van der Waals surface area (Å²) >= 11 is 0. The Kier molecular flexibility index (Phi) is 3.82. The average Bonchev–Trinajstić information content (AvgIpc) is 3.21. The van der Waals surface area contributed by atoms with Gasteiger partial charge in [-0.25, -0.2) is 0 Å². The molecule has 5 atom stereocenters. The maximum absolute atomic E-state index is 11.9. The molecular formula is C20H23NO6. The summed E-state index contributed by atoms with van der Waals surface area (Å²) in [7, 11) is 0. The Morgan fingerprint density at radius 1 is 1.11 bits per heavy atom. The van der Waals surface area contributed by atoms with Crippen molar-refractivity contribution in [1.29, 1.82) is 0 Å². The number of rotatable bonds is 2. The van der Waals surface area contributed by atoms with Gasteiger partial charge in [0.05, 0.1) is 0 Å². The van der Waals surface area contributed by atoms with Crippen LogP contribution in [0, 0.1) is 5.92 Å². The van der Waals surface area contributed by atoms with E-state index in [1.54, 1.807) is 0 Å². The van der Waals surface area contributed by atoms with Crippen molar-refractivity contribution in [3.05, 3.63) is 23.3 Å². The number of hydrogen-bond acceptors (Lipinski definition) is 7. The predicted molar refractivity (Wildman–Crippen MR) is 93.3 cm³/mol. The molecule has 1 saturated carbocycles. The topological polar surface area (TPSA) is 74.3 Å².